The second kappa shape index (κ2) is 7.03. The molecule has 1 heterocycles. The zero-order chi connectivity index (χ0) is 19.0. The number of benzene rings is 2. The molecular formula is C19H15FN2O4S. The van der Waals surface area contributed by atoms with Crippen LogP contribution in [0.1, 0.15) is 15.9 Å². The number of nitrogens with zero attached hydrogens (tertiary/aromatic N) is 2. The summed E-state index contributed by atoms with van der Waals surface area (Å²) < 4.78 is 30.0. The molecule has 1 aromatic heterocycles. The van der Waals surface area contributed by atoms with Crippen molar-refractivity contribution in [2.75, 3.05) is 14.2 Å². The van der Waals surface area contributed by atoms with Crippen LogP contribution >= 0.6 is 11.8 Å². The van der Waals surface area contributed by atoms with Crippen LogP contribution in [0.2, 0.25) is 0 Å². The third-order valence-corrected chi connectivity index (χ3v) is 5.36. The van der Waals surface area contributed by atoms with E-state index in [0.717, 1.165) is 5.56 Å². The summed E-state index contributed by atoms with van der Waals surface area (Å²) in [7, 11) is 3.08. The molecule has 0 N–H and O–H groups in total. The highest BCUT2D eigenvalue weighted by Gasteiger charge is 2.34. The molecule has 1 aliphatic carbocycles. The molecule has 4 rings (SSSR count). The number of Topliss-reactive ketones (excluding diaryl/α,β-unsaturated/α-hetero) is 1. The summed E-state index contributed by atoms with van der Waals surface area (Å²) in [6.07, 6.45) is 0.511. The Kier molecular flexibility index (Phi) is 4.57. The van der Waals surface area contributed by atoms with Crippen molar-refractivity contribution in [3.63, 3.8) is 0 Å². The number of fused-ring (bicyclic) bond motifs is 1. The molecule has 1 aliphatic rings. The van der Waals surface area contributed by atoms with Crippen molar-refractivity contribution in [3.05, 3.63) is 53.3 Å². The summed E-state index contributed by atoms with van der Waals surface area (Å²) in [6.45, 7) is 0. The lowest BCUT2D eigenvalue weighted by Crippen LogP contribution is -2.11. The number of thioether (sulfide) groups is 1. The lowest BCUT2D eigenvalue weighted by atomic mass is 10.1. The molecule has 0 aliphatic heterocycles. The van der Waals surface area contributed by atoms with Crippen molar-refractivity contribution in [1.82, 2.24) is 10.2 Å². The second-order valence-electron chi connectivity index (χ2n) is 5.89. The highest BCUT2D eigenvalue weighted by molar-refractivity contribution is 8.00. The number of halogens is 1. The first-order valence-electron chi connectivity index (χ1n) is 8.15. The first-order valence-corrected chi connectivity index (χ1v) is 9.03. The number of ether oxygens (including phenoxy) is 2. The van der Waals surface area contributed by atoms with E-state index >= 15 is 0 Å². The van der Waals surface area contributed by atoms with Gasteiger partial charge in [-0.3, -0.25) is 4.79 Å². The van der Waals surface area contributed by atoms with Gasteiger partial charge in [-0.25, -0.2) is 4.39 Å². The summed E-state index contributed by atoms with van der Waals surface area (Å²) in [5, 5.41) is 7.65. The molecule has 0 amide bonds. The molecule has 2 aromatic carbocycles. The van der Waals surface area contributed by atoms with E-state index in [4.69, 9.17) is 13.9 Å². The predicted molar refractivity (Wildman–Crippen MR) is 96.9 cm³/mol. The third kappa shape index (κ3) is 3.16. The molecule has 0 saturated heterocycles. The number of hydrogen-bond acceptors (Lipinski definition) is 7. The van der Waals surface area contributed by atoms with Crippen molar-refractivity contribution in [2.45, 2.75) is 16.9 Å². The van der Waals surface area contributed by atoms with Crippen LogP contribution in [0.4, 0.5) is 4.39 Å². The third-order valence-electron chi connectivity index (χ3n) is 4.33. The van der Waals surface area contributed by atoms with Gasteiger partial charge in [-0.2, -0.15) is 0 Å². The van der Waals surface area contributed by atoms with E-state index in [9.17, 15) is 9.18 Å². The number of hydrogen-bond donors (Lipinski definition) is 0. The Morgan fingerprint density at radius 3 is 2.59 bits per heavy atom. The SMILES string of the molecule is COc1cc2c(cc1OC)C(=O)[C@H](Sc1nnc(-c3ccccc3F)o1)C2. The first kappa shape index (κ1) is 17.5. The van der Waals surface area contributed by atoms with Crippen molar-refractivity contribution >= 4 is 17.5 Å². The Hall–Kier alpha value is -2.87. The van der Waals surface area contributed by atoms with Crippen LogP contribution in [-0.4, -0.2) is 35.5 Å². The normalized spacial score (nSPS) is 15.7. The largest absolute Gasteiger partial charge is 0.493 e. The van der Waals surface area contributed by atoms with Crippen LogP contribution in [0.15, 0.2) is 46.0 Å². The average Bonchev–Trinajstić information content (AvgIpc) is 3.26. The summed E-state index contributed by atoms with van der Waals surface area (Å²) in [5.74, 6) is 0.689. The van der Waals surface area contributed by atoms with Gasteiger partial charge in [0.1, 0.15) is 5.82 Å². The first-order chi connectivity index (χ1) is 13.1. The quantitative estimate of drug-likeness (QED) is 0.660. The Morgan fingerprint density at radius 1 is 1.11 bits per heavy atom. The number of rotatable bonds is 5. The van der Waals surface area contributed by atoms with Gasteiger partial charge < -0.3 is 13.9 Å². The summed E-state index contributed by atoms with van der Waals surface area (Å²) in [6, 6.07) is 9.66. The maximum atomic E-state index is 13.9. The number of methoxy groups -OCH3 is 2. The molecule has 0 bridgehead atoms. The molecule has 0 unspecified atom stereocenters. The molecule has 6 nitrogen and oxygen atoms in total. The van der Waals surface area contributed by atoms with Gasteiger partial charge in [0.15, 0.2) is 17.3 Å². The number of ketones is 1. The van der Waals surface area contributed by atoms with Crippen LogP contribution in [0, 0.1) is 5.82 Å². The van der Waals surface area contributed by atoms with Crippen LogP contribution in [0.25, 0.3) is 11.5 Å². The van der Waals surface area contributed by atoms with Gasteiger partial charge in [0.25, 0.3) is 11.1 Å². The van der Waals surface area contributed by atoms with Crippen molar-refractivity contribution in [2.24, 2.45) is 0 Å². The fraction of sp³-hybridized carbons (Fsp3) is 0.211. The van der Waals surface area contributed by atoms with Crippen molar-refractivity contribution in [1.29, 1.82) is 0 Å². The van der Waals surface area contributed by atoms with E-state index in [0.29, 0.717) is 23.5 Å². The fourth-order valence-corrected chi connectivity index (χ4v) is 3.96. The van der Waals surface area contributed by atoms with Gasteiger partial charge in [0.2, 0.25) is 0 Å². The Morgan fingerprint density at radius 2 is 1.85 bits per heavy atom. The number of aromatic nitrogens is 2. The van der Waals surface area contributed by atoms with E-state index < -0.39 is 11.1 Å². The molecule has 0 radical (unpaired) electrons. The second-order valence-corrected chi connectivity index (χ2v) is 7.05. The molecule has 3 aromatic rings. The Bertz CT molecular complexity index is 1020. The number of carbonyl (C=O) groups is 1. The van der Waals surface area contributed by atoms with Gasteiger partial charge in [-0.15, -0.1) is 10.2 Å². The predicted octanol–water partition coefficient (Wildman–Crippen LogP) is 3.79. The van der Waals surface area contributed by atoms with Crippen LogP contribution in [0.3, 0.4) is 0 Å². The van der Waals surface area contributed by atoms with E-state index in [1.54, 1.807) is 31.4 Å². The maximum absolute atomic E-state index is 13.9. The summed E-state index contributed by atoms with van der Waals surface area (Å²) in [4.78, 5) is 12.7. The van der Waals surface area contributed by atoms with Gasteiger partial charge in [-0.1, -0.05) is 23.9 Å². The topological polar surface area (TPSA) is 74.5 Å². The highest BCUT2D eigenvalue weighted by atomic mass is 32.2. The smallest absolute Gasteiger partial charge is 0.277 e. The average molecular weight is 386 g/mol. The molecule has 138 valence electrons. The molecule has 1 atom stereocenters. The fourth-order valence-electron chi connectivity index (χ4n) is 3.00. The molecular weight excluding hydrogens is 371 g/mol. The lowest BCUT2D eigenvalue weighted by molar-refractivity contribution is 0.0999. The molecule has 0 saturated carbocycles. The summed E-state index contributed by atoms with van der Waals surface area (Å²) in [5.41, 5.74) is 1.70. The lowest BCUT2D eigenvalue weighted by Gasteiger charge is -2.09. The van der Waals surface area contributed by atoms with E-state index in [1.165, 1.54) is 24.9 Å². The van der Waals surface area contributed by atoms with Gasteiger partial charge in [-0.05, 0) is 36.2 Å². The number of carbonyl (C=O) groups excluding carboxylic acids is 1. The van der Waals surface area contributed by atoms with E-state index in [2.05, 4.69) is 10.2 Å². The zero-order valence-electron chi connectivity index (χ0n) is 14.6. The Labute approximate surface area is 158 Å². The monoisotopic (exact) mass is 386 g/mol. The van der Waals surface area contributed by atoms with E-state index in [-0.39, 0.29) is 22.5 Å². The summed E-state index contributed by atoms with van der Waals surface area (Å²) >= 11 is 1.17. The van der Waals surface area contributed by atoms with E-state index in [1.807, 2.05) is 6.07 Å². The zero-order valence-corrected chi connectivity index (χ0v) is 15.4. The molecule has 8 heteroatoms. The van der Waals surface area contributed by atoms with Crippen LogP contribution < -0.4 is 9.47 Å². The van der Waals surface area contributed by atoms with Crippen molar-refractivity contribution < 1.29 is 23.1 Å². The molecule has 0 spiro atoms. The Balaban J connectivity index is 1.56. The minimum atomic E-state index is -0.443. The molecule has 27 heavy (non-hydrogen) atoms. The van der Waals surface area contributed by atoms with Crippen molar-refractivity contribution in [3.8, 4) is 23.0 Å². The van der Waals surface area contributed by atoms with Crippen LogP contribution in [0.5, 0.6) is 11.5 Å². The van der Waals surface area contributed by atoms with Gasteiger partial charge in [0.05, 0.1) is 25.0 Å². The standard InChI is InChI=1S/C19H15FN2O4S/c1-24-14-7-10-8-16(17(23)12(10)9-15(14)25-2)27-19-22-21-18(26-19)11-5-3-4-6-13(11)20/h3-7,9,16H,8H2,1-2H3/t16-/m1/s1. The highest BCUT2D eigenvalue weighted by Crippen LogP contribution is 2.40. The minimum absolute atomic E-state index is 0.0402. The minimum Gasteiger partial charge on any atom is -0.493 e. The van der Waals surface area contributed by atoms with Crippen LogP contribution in [-0.2, 0) is 6.42 Å². The molecule has 0 fully saturated rings. The van der Waals surface area contributed by atoms with Gasteiger partial charge in [0, 0.05) is 5.56 Å². The van der Waals surface area contributed by atoms with Gasteiger partial charge >= 0.3 is 0 Å². The maximum Gasteiger partial charge on any atom is 0.277 e.